The molecule has 1 N–H and O–H groups in total. The fraction of sp³-hybridized carbons (Fsp3) is 1.00. The van der Waals surface area contributed by atoms with Gasteiger partial charge < -0.3 is 9.84 Å². The average molecular weight is 239 g/mol. The van der Waals surface area contributed by atoms with Gasteiger partial charge in [0.15, 0.2) is 0 Å². The van der Waals surface area contributed by atoms with Crippen molar-refractivity contribution in [2.45, 2.75) is 50.7 Å². The third kappa shape index (κ3) is 2.51. The van der Waals surface area contributed by atoms with Gasteiger partial charge in [0.25, 0.3) is 0 Å². The lowest BCUT2D eigenvalue weighted by Gasteiger charge is -2.36. The van der Waals surface area contributed by atoms with E-state index in [4.69, 9.17) is 4.74 Å². The van der Waals surface area contributed by atoms with E-state index < -0.39 is 0 Å². The number of fused-ring (bicyclic) bond motifs is 1. The van der Waals surface area contributed by atoms with E-state index in [2.05, 4.69) is 4.90 Å². The van der Waals surface area contributed by atoms with Crippen molar-refractivity contribution < 1.29 is 9.84 Å². The third-order valence-electron chi connectivity index (χ3n) is 5.03. The number of aliphatic hydroxyl groups is 1. The molecule has 3 rings (SSSR count). The first-order chi connectivity index (χ1) is 8.34. The first-order valence-electron chi connectivity index (χ1n) is 7.34. The Labute approximate surface area is 104 Å². The zero-order chi connectivity index (χ0) is 11.7. The predicted molar refractivity (Wildman–Crippen MR) is 66.9 cm³/mol. The Morgan fingerprint density at radius 3 is 2.88 bits per heavy atom. The van der Waals surface area contributed by atoms with Crippen LogP contribution in [-0.2, 0) is 4.74 Å². The molecular weight excluding hydrogens is 214 g/mol. The van der Waals surface area contributed by atoms with Crippen LogP contribution in [0.4, 0.5) is 0 Å². The van der Waals surface area contributed by atoms with E-state index in [0.29, 0.717) is 5.92 Å². The standard InChI is InChI=1S/C14H25NO2/c16-14-6-8-17-10-12(14)9-15-7-5-11-3-1-2-4-13(11)15/h11-14,16H,1-10H2. The van der Waals surface area contributed by atoms with Gasteiger partial charge in [0, 0.05) is 25.1 Å². The molecule has 0 amide bonds. The van der Waals surface area contributed by atoms with Gasteiger partial charge in [0.2, 0.25) is 0 Å². The van der Waals surface area contributed by atoms with E-state index in [-0.39, 0.29) is 6.10 Å². The molecule has 1 saturated carbocycles. The Balaban J connectivity index is 1.57. The molecule has 3 heteroatoms. The van der Waals surface area contributed by atoms with Crippen molar-refractivity contribution in [3.05, 3.63) is 0 Å². The highest BCUT2D eigenvalue weighted by molar-refractivity contribution is 4.91. The Bertz CT molecular complexity index is 259. The van der Waals surface area contributed by atoms with Crippen molar-refractivity contribution in [3.8, 4) is 0 Å². The van der Waals surface area contributed by atoms with E-state index in [0.717, 1.165) is 38.1 Å². The molecule has 0 aromatic rings. The summed E-state index contributed by atoms with van der Waals surface area (Å²) >= 11 is 0. The van der Waals surface area contributed by atoms with Gasteiger partial charge in [0.05, 0.1) is 12.7 Å². The number of hydrogen-bond acceptors (Lipinski definition) is 3. The molecule has 2 saturated heterocycles. The van der Waals surface area contributed by atoms with Crippen LogP contribution in [0.15, 0.2) is 0 Å². The maximum atomic E-state index is 10.0. The summed E-state index contributed by atoms with van der Waals surface area (Å²) in [7, 11) is 0. The van der Waals surface area contributed by atoms with Gasteiger partial charge in [-0.05, 0) is 38.1 Å². The molecule has 1 aliphatic carbocycles. The second kappa shape index (κ2) is 5.25. The van der Waals surface area contributed by atoms with Crippen LogP contribution < -0.4 is 0 Å². The van der Waals surface area contributed by atoms with Crippen LogP contribution in [0.3, 0.4) is 0 Å². The maximum absolute atomic E-state index is 10.0. The molecule has 3 nitrogen and oxygen atoms in total. The molecular formula is C14H25NO2. The second-order valence-electron chi connectivity index (χ2n) is 6.09. The van der Waals surface area contributed by atoms with E-state index in [1.807, 2.05) is 0 Å². The Morgan fingerprint density at radius 2 is 2.00 bits per heavy atom. The highest BCUT2D eigenvalue weighted by Gasteiger charge is 2.37. The third-order valence-corrected chi connectivity index (χ3v) is 5.03. The van der Waals surface area contributed by atoms with Gasteiger partial charge in [-0.2, -0.15) is 0 Å². The molecule has 2 heterocycles. The van der Waals surface area contributed by atoms with Gasteiger partial charge in [-0.25, -0.2) is 0 Å². The minimum absolute atomic E-state index is 0.133. The number of ether oxygens (including phenoxy) is 1. The van der Waals surface area contributed by atoms with Gasteiger partial charge in [-0.1, -0.05) is 12.8 Å². The SMILES string of the molecule is OC1CCOCC1CN1CCC2CCCCC21. The van der Waals surface area contributed by atoms with Crippen LogP contribution in [-0.4, -0.2) is 48.5 Å². The average Bonchev–Trinajstić information content (AvgIpc) is 2.76. The first-order valence-corrected chi connectivity index (χ1v) is 7.34. The first kappa shape index (κ1) is 11.9. The van der Waals surface area contributed by atoms with Gasteiger partial charge in [-0.15, -0.1) is 0 Å². The summed E-state index contributed by atoms with van der Waals surface area (Å²) in [5, 5.41) is 10.0. The van der Waals surface area contributed by atoms with Crippen LogP contribution >= 0.6 is 0 Å². The lowest BCUT2D eigenvalue weighted by molar-refractivity contribution is -0.0493. The molecule has 17 heavy (non-hydrogen) atoms. The summed E-state index contributed by atoms with van der Waals surface area (Å²) in [5.74, 6) is 1.30. The molecule has 0 bridgehead atoms. The van der Waals surface area contributed by atoms with E-state index in [9.17, 15) is 5.11 Å². The van der Waals surface area contributed by atoms with Crippen molar-refractivity contribution in [1.29, 1.82) is 0 Å². The van der Waals surface area contributed by atoms with Crippen molar-refractivity contribution >= 4 is 0 Å². The normalized spacial score (nSPS) is 43.6. The van der Waals surface area contributed by atoms with Crippen molar-refractivity contribution in [2.75, 3.05) is 26.3 Å². The van der Waals surface area contributed by atoms with Crippen LogP contribution in [0.5, 0.6) is 0 Å². The molecule has 0 radical (unpaired) electrons. The number of nitrogens with zero attached hydrogens (tertiary/aromatic N) is 1. The number of hydrogen-bond donors (Lipinski definition) is 1. The monoisotopic (exact) mass is 239 g/mol. The van der Waals surface area contributed by atoms with Crippen molar-refractivity contribution in [2.24, 2.45) is 11.8 Å². The molecule has 0 spiro atoms. The van der Waals surface area contributed by atoms with Crippen LogP contribution in [0.2, 0.25) is 0 Å². The van der Waals surface area contributed by atoms with E-state index in [1.54, 1.807) is 0 Å². The molecule has 4 unspecified atom stereocenters. The Hall–Kier alpha value is -0.120. The van der Waals surface area contributed by atoms with Gasteiger partial charge in [-0.3, -0.25) is 4.90 Å². The van der Waals surface area contributed by atoms with E-state index in [1.165, 1.54) is 38.6 Å². The zero-order valence-electron chi connectivity index (χ0n) is 10.7. The Morgan fingerprint density at radius 1 is 1.12 bits per heavy atom. The van der Waals surface area contributed by atoms with Gasteiger partial charge in [0.1, 0.15) is 0 Å². The summed E-state index contributed by atoms with van der Waals surface area (Å²) in [5.41, 5.74) is 0. The molecule has 3 aliphatic rings. The molecule has 4 atom stereocenters. The lowest BCUT2D eigenvalue weighted by Crippen LogP contribution is -2.44. The quantitative estimate of drug-likeness (QED) is 0.795. The van der Waals surface area contributed by atoms with Crippen molar-refractivity contribution in [3.63, 3.8) is 0 Å². The summed E-state index contributed by atoms with van der Waals surface area (Å²) in [6, 6.07) is 0.817. The highest BCUT2D eigenvalue weighted by Crippen LogP contribution is 2.36. The number of rotatable bonds is 2. The van der Waals surface area contributed by atoms with Crippen LogP contribution in [0, 0.1) is 11.8 Å². The molecule has 3 fully saturated rings. The molecule has 2 aliphatic heterocycles. The topological polar surface area (TPSA) is 32.7 Å². The number of aliphatic hydroxyl groups excluding tert-OH is 1. The number of likely N-dealkylation sites (tertiary alicyclic amines) is 1. The molecule has 98 valence electrons. The van der Waals surface area contributed by atoms with Crippen LogP contribution in [0.1, 0.15) is 38.5 Å². The summed E-state index contributed by atoms with van der Waals surface area (Å²) in [4.78, 5) is 2.65. The summed E-state index contributed by atoms with van der Waals surface area (Å²) < 4.78 is 5.51. The highest BCUT2D eigenvalue weighted by atomic mass is 16.5. The largest absolute Gasteiger partial charge is 0.393 e. The molecule has 0 aromatic heterocycles. The second-order valence-corrected chi connectivity index (χ2v) is 6.09. The Kier molecular flexibility index (Phi) is 3.69. The molecule has 0 aromatic carbocycles. The summed E-state index contributed by atoms with van der Waals surface area (Å²) in [6.07, 6.45) is 7.73. The van der Waals surface area contributed by atoms with Gasteiger partial charge >= 0.3 is 0 Å². The fourth-order valence-corrected chi connectivity index (χ4v) is 3.99. The maximum Gasteiger partial charge on any atom is 0.0624 e. The minimum atomic E-state index is -0.133. The fourth-order valence-electron chi connectivity index (χ4n) is 3.99. The lowest BCUT2D eigenvalue weighted by atomic mass is 9.85. The zero-order valence-corrected chi connectivity index (χ0v) is 10.7. The summed E-state index contributed by atoms with van der Waals surface area (Å²) in [6.45, 7) is 3.81. The predicted octanol–water partition coefficient (Wildman–Crippen LogP) is 1.65. The smallest absolute Gasteiger partial charge is 0.0624 e. The van der Waals surface area contributed by atoms with Crippen molar-refractivity contribution in [1.82, 2.24) is 4.90 Å². The van der Waals surface area contributed by atoms with Crippen LogP contribution in [0.25, 0.3) is 0 Å². The van der Waals surface area contributed by atoms with E-state index >= 15 is 0 Å². The minimum Gasteiger partial charge on any atom is -0.393 e.